The van der Waals surface area contributed by atoms with E-state index in [1.54, 1.807) is 6.92 Å². The van der Waals surface area contributed by atoms with Crippen molar-refractivity contribution in [1.29, 1.82) is 0 Å². The van der Waals surface area contributed by atoms with Crippen molar-refractivity contribution in [3.8, 4) is 0 Å². The van der Waals surface area contributed by atoms with Crippen LogP contribution in [0.15, 0.2) is 15.7 Å². The first-order chi connectivity index (χ1) is 8.18. The summed E-state index contributed by atoms with van der Waals surface area (Å²) >= 11 is 0. The van der Waals surface area contributed by atoms with Gasteiger partial charge in [0.1, 0.15) is 0 Å². The van der Waals surface area contributed by atoms with Gasteiger partial charge >= 0.3 is 5.69 Å². The molecule has 0 radical (unpaired) electrons. The van der Waals surface area contributed by atoms with Gasteiger partial charge in [0.05, 0.1) is 0 Å². The van der Waals surface area contributed by atoms with E-state index in [-0.39, 0.29) is 17.3 Å². The van der Waals surface area contributed by atoms with E-state index in [4.69, 9.17) is 0 Å². The molecule has 1 aliphatic carbocycles. The highest BCUT2D eigenvalue weighted by atomic mass is 16.2. The number of aromatic amines is 1. The lowest BCUT2D eigenvalue weighted by Crippen LogP contribution is -2.38. The maximum absolute atomic E-state index is 11.9. The third-order valence-electron chi connectivity index (χ3n) is 3.54. The first-order valence-corrected chi connectivity index (χ1v) is 6.51. The van der Waals surface area contributed by atoms with Crippen molar-refractivity contribution < 1.29 is 0 Å². The predicted molar refractivity (Wildman–Crippen MR) is 67.4 cm³/mol. The minimum absolute atomic E-state index is 0.0900. The Bertz CT molecular complexity index is 448. The molecule has 0 aliphatic heterocycles. The summed E-state index contributed by atoms with van der Waals surface area (Å²) in [5.41, 5.74) is 0.236. The Balaban J connectivity index is 2.31. The molecule has 0 spiro atoms. The fourth-order valence-corrected chi connectivity index (χ4v) is 2.66. The molecule has 1 fully saturated rings. The van der Waals surface area contributed by atoms with Crippen LogP contribution in [-0.2, 0) is 0 Å². The van der Waals surface area contributed by atoms with Crippen LogP contribution in [0.25, 0.3) is 0 Å². The smallest absolute Gasteiger partial charge is 0.311 e. The minimum Gasteiger partial charge on any atom is -0.311 e. The molecule has 1 aromatic heterocycles. The van der Waals surface area contributed by atoms with Crippen molar-refractivity contribution in [3.63, 3.8) is 0 Å². The molecule has 0 saturated heterocycles. The summed E-state index contributed by atoms with van der Waals surface area (Å²) in [6.45, 7) is 1.74. The number of rotatable bonds is 1. The second kappa shape index (κ2) is 5.34. The second-order valence-corrected chi connectivity index (χ2v) is 4.96. The lowest BCUT2D eigenvalue weighted by atomic mass is 9.96. The third-order valence-corrected chi connectivity index (χ3v) is 3.54. The van der Waals surface area contributed by atoms with Crippen molar-refractivity contribution in [2.75, 3.05) is 0 Å². The van der Waals surface area contributed by atoms with Gasteiger partial charge in [-0.15, -0.1) is 0 Å². The number of aromatic nitrogens is 2. The number of hydrogen-bond acceptors (Lipinski definition) is 2. The average molecular weight is 236 g/mol. The van der Waals surface area contributed by atoms with Gasteiger partial charge in [0.2, 0.25) is 0 Å². The van der Waals surface area contributed by atoms with E-state index in [1.165, 1.54) is 29.9 Å². The highest BCUT2D eigenvalue weighted by Gasteiger charge is 2.16. The second-order valence-electron chi connectivity index (χ2n) is 4.96. The lowest BCUT2D eigenvalue weighted by molar-refractivity contribution is 0.354. The zero-order valence-electron chi connectivity index (χ0n) is 10.4. The van der Waals surface area contributed by atoms with Gasteiger partial charge in [0.15, 0.2) is 0 Å². The van der Waals surface area contributed by atoms with Crippen molar-refractivity contribution in [1.82, 2.24) is 9.55 Å². The fraction of sp³-hybridized carbons (Fsp3) is 0.692. The van der Waals surface area contributed by atoms with Crippen LogP contribution in [0.4, 0.5) is 0 Å². The molecule has 0 unspecified atom stereocenters. The molecular weight excluding hydrogens is 216 g/mol. The average Bonchev–Trinajstić information content (AvgIpc) is 2.19. The van der Waals surface area contributed by atoms with Crippen LogP contribution in [-0.4, -0.2) is 9.55 Å². The predicted octanol–water partition coefficient (Wildman–Crippen LogP) is 2.13. The summed E-state index contributed by atoms with van der Waals surface area (Å²) in [6, 6.07) is 1.60. The molecule has 94 valence electrons. The Morgan fingerprint density at radius 3 is 2.29 bits per heavy atom. The SMILES string of the molecule is Cc1cc(=O)n(C2CCCCCCC2)c(=O)[nH]1. The lowest BCUT2D eigenvalue weighted by Gasteiger charge is -2.21. The van der Waals surface area contributed by atoms with Gasteiger partial charge in [-0.1, -0.05) is 32.1 Å². The van der Waals surface area contributed by atoms with Gasteiger partial charge in [0, 0.05) is 17.8 Å². The quantitative estimate of drug-likeness (QED) is 0.812. The van der Waals surface area contributed by atoms with Crippen LogP contribution in [0.5, 0.6) is 0 Å². The van der Waals surface area contributed by atoms with Crippen LogP contribution in [0.2, 0.25) is 0 Å². The molecule has 1 N–H and O–H groups in total. The molecule has 1 heterocycles. The standard InChI is InChI=1S/C13H20N2O2/c1-10-9-12(16)15(13(17)14-10)11-7-5-3-2-4-6-8-11/h9,11H,2-8H2,1H3,(H,14,17). The molecule has 1 saturated carbocycles. The number of aryl methyl sites for hydroxylation is 1. The Hall–Kier alpha value is -1.32. The maximum atomic E-state index is 11.9. The molecule has 0 amide bonds. The minimum atomic E-state index is -0.249. The molecule has 0 aromatic carbocycles. The molecule has 4 heteroatoms. The van der Waals surface area contributed by atoms with Crippen LogP contribution in [0, 0.1) is 6.92 Å². The van der Waals surface area contributed by atoms with Gasteiger partial charge in [-0.3, -0.25) is 9.36 Å². The van der Waals surface area contributed by atoms with Gasteiger partial charge in [0.25, 0.3) is 5.56 Å². The van der Waals surface area contributed by atoms with E-state index in [9.17, 15) is 9.59 Å². The summed E-state index contributed by atoms with van der Waals surface area (Å²) in [5, 5.41) is 0. The van der Waals surface area contributed by atoms with E-state index in [0.29, 0.717) is 5.69 Å². The first-order valence-electron chi connectivity index (χ1n) is 6.51. The summed E-state index contributed by atoms with van der Waals surface area (Å²) in [4.78, 5) is 26.5. The Morgan fingerprint density at radius 1 is 1.12 bits per heavy atom. The highest BCUT2D eigenvalue weighted by Crippen LogP contribution is 2.24. The Morgan fingerprint density at radius 2 is 1.71 bits per heavy atom. The van der Waals surface area contributed by atoms with E-state index < -0.39 is 0 Å². The molecule has 1 aliphatic rings. The summed E-state index contributed by atoms with van der Waals surface area (Å²) < 4.78 is 1.41. The Labute approximate surface area is 101 Å². The largest absolute Gasteiger partial charge is 0.328 e. The maximum Gasteiger partial charge on any atom is 0.328 e. The van der Waals surface area contributed by atoms with E-state index in [0.717, 1.165) is 25.7 Å². The van der Waals surface area contributed by atoms with E-state index in [1.807, 2.05) is 0 Å². The zero-order chi connectivity index (χ0) is 12.3. The molecule has 17 heavy (non-hydrogen) atoms. The Kier molecular flexibility index (Phi) is 3.82. The van der Waals surface area contributed by atoms with E-state index in [2.05, 4.69) is 4.98 Å². The number of hydrogen-bond donors (Lipinski definition) is 1. The summed E-state index contributed by atoms with van der Waals surface area (Å²) in [6.07, 6.45) is 7.85. The van der Waals surface area contributed by atoms with Crippen molar-refractivity contribution >= 4 is 0 Å². The van der Waals surface area contributed by atoms with Crippen molar-refractivity contribution in [2.24, 2.45) is 0 Å². The van der Waals surface area contributed by atoms with E-state index >= 15 is 0 Å². The number of H-pyrrole nitrogens is 1. The fourth-order valence-electron chi connectivity index (χ4n) is 2.66. The topological polar surface area (TPSA) is 54.9 Å². The normalized spacial score (nSPS) is 18.6. The third kappa shape index (κ3) is 2.87. The highest BCUT2D eigenvalue weighted by molar-refractivity contribution is 4.97. The summed E-state index contributed by atoms with van der Waals surface area (Å²) in [5.74, 6) is 0. The first kappa shape index (κ1) is 12.1. The molecule has 4 nitrogen and oxygen atoms in total. The molecule has 1 aromatic rings. The number of nitrogens with one attached hydrogen (secondary N) is 1. The van der Waals surface area contributed by atoms with Crippen LogP contribution in [0.1, 0.15) is 56.7 Å². The molecule has 0 bridgehead atoms. The molecule has 0 atom stereocenters. The van der Waals surface area contributed by atoms with Gasteiger partial charge in [-0.05, 0) is 19.8 Å². The number of nitrogens with zero attached hydrogens (tertiary/aromatic N) is 1. The van der Waals surface area contributed by atoms with Gasteiger partial charge in [-0.2, -0.15) is 0 Å². The summed E-state index contributed by atoms with van der Waals surface area (Å²) in [7, 11) is 0. The molecular formula is C13H20N2O2. The van der Waals surface area contributed by atoms with Crippen LogP contribution < -0.4 is 11.2 Å². The van der Waals surface area contributed by atoms with Crippen LogP contribution in [0.3, 0.4) is 0 Å². The van der Waals surface area contributed by atoms with Gasteiger partial charge in [-0.25, -0.2) is 4.79 Å². The van der Waals surface area contributed by atoms with Crippen molar-refractivity contribution in [2.45, 2.75) is 57.9 Å². The van der Waals surface area contributed by atoms with Crippen molar-refractivity contribution in [3.05, 3.63) is 32.6 Å². The van der Waals surface area contributed by atoms with Gasteiger partial charge < -0.3 is 4.98 Å². The zero-order valence-corrected chi connectivity index (χ0v) is 10.4. The van der Waals surface area contributed by atoms with Crippen LogP contribution >= 0.6 is 0 Å². The monoisotopic (exact) mass is 236 g/mol. The molecule has 2 rings (SSSR count).